The van der Waals surface area contributed by atoms with Crippen molar-refractivity contribution in [1.82, 2.24) is 0 Å². The first-order valence-corrected chi connectivity index (χ1v) is 10.1. The van der Waals surface area contributed by atoms with Gasteiger partial charge in [0.05, 0.1) is 37.6 Å². The molecule has 0 bridgehead atoms. The number of methoxy groups -OCH3 is 1. The van der Waals surface area contributed by atoms with Crippen LogP contribution >= 0.6 is 0 Å². The molecule has 29 heavy (non-hydrogen) atoms. The van der Waals surface area contributed by atoms with Crippen molar-refractivity contribution in [3.63, 3.8) is 0 Å². The number of carbonyl (C=O) groups is 1. The molecule has 6 nitrogen and oxygen atoms in total. The first kappa shape index (κ1) is 22.4. The average molecular weight is 399 g/mol. The molecule has 2 aromatic carbocycles. The Balaban J connectivity index is 1.63. The molecule has 2 rings (SSSR count). The minimum absolute atomic E-state index is 0.0166. The van der Waals surface area contributed by atoms with Gasteiger partial charge in [-0.2, -0.15) is 10.2 Å². The standard InChI is InChI=1S/C23H30N2O4/c1-4-18(2)23(26)29-17-7-5-6-16-28-22-14-10-20(11-15-22)25-24-19-8-12-21(27-3)13-9-19/h8-15,18H,4-7,16-17H2,1-3H3/b25-24+. The Kier molecular flexibility index (Phi) is 9.69. The van der Waals surface area contributed by atoms with Crippen LogP contribution in [0, 0.1) is 5.92 Å². The number of esters is 1. The molecule has 0 amide bonds. The Hall–Kier alpha value is -2.89. The minimum Gasteiger partial charge on any atom is -0.497 e. The summed E-state index contributed by atoms with van der Waals surface area (Å²) in [5, 5.41) is 8.43. The highest BCUT2D eigenvalue weighted by Crippen LogP contribution is 2.23. The van der Waals surface area contributed by atoms with Crippen molar-refractivity contribution in [1.29, 1.82) is 0 Å². The van der Waals surface area contributed by atoms with Crippen molar-refractivity contribution < 1.29 is 19.0 Å². The van der Waals surface area contributed by atoms with Gasteiger partial charge in [0.25, 0.3) is 0 Å². The van der Waals surface area contributed by atoms with Gasteiger partial charge < -0.3 is 14.2 Å². The summed E-state index contributed by atoms with van der Waals surface area (Å²) in [5.41, 5.74) is 1.53. The zero-order valence-electron chi connectivity index (χ0n) is 17.5. The molecular weight excluding hydrogens is 368 g/mol. The summed E-state index contributed by atoms with van der Waals surface area (Å²) < 4.78 is 16.1. The highest BCUT2D eigenvalue weighted by atomic mass is 16.5. The van der Waals surface area contributed by atoms with Gasteiger partial charge >= 0.3 is 5.97 Å². The second-order valence-electron chi connectivity index (χ2n) is 6.78. The van der Waals surface area contributed by atoms with E-state index in [1.54, 1.807) is 7.11 Å². The van der Waals surface area contributed by atoms with E-state index in [2.05, 4.69) is 10.2 Å². The fraction of sp³-hybridized carbons (Fsp3) is 0.435. The van der Waals surface area contributed by atoms with Crippen molar-refractivity contribution in [2.24, 2.45) is 16.1 Å². The summed E-state index contributed by atoms with van der Waals surface area (Å²) in [7, 11) is 1.63. The predicted molar refractivity (Wildman–Crippen MR) is 113 cm³/mol. The van der Waals surface area contributed by atoms with Crippen LogP contribution in [0.2, 0.25) is 0 Å². The molecule has 0 radical (unpaired) electrons. The number of rotatable bonds is 12. The number of azo groups is 1. The van der Waals surface area contributed by atoms with Crippen LogP contribution in [0.5, 0.6) is 11.5 Å². The zero-order chi connectivity index (χ0) is 20.9. The summed E-state index contributed by atoms with van der Waals surface area (Å²) in [6.45, 7) is 4.99. The molecule has 0 saturated carbocycles. The van der Waals surface area contributed by atoms with Crippen LogP contribution in [0.15, 0.2) is 58.8 Å². The van der Waals surface area contributed by atoms with E-state index in [0.29, 0.717) is 13.2 Å². The number of ether oxygens (including phenoxy) is 3. The second-order valence-corrected chi connectivity index (χ2v) is 6.78. The van der Waals surface area contributed by atoms with E-state index in [0.717, 1.165) is 48.6 Å². The second kappa shape index (κ2) is 12.5. The summed E-state index contributed by atoms with van der Waals surface area (Å²) in [6.07, 6.45) is 3.55. The lowest BCUT2D eigenvalue weighted by Crippen LogP contribution is -2.14. The third-order valence-electron chi connectivity index (χ3n) is 4.51. The van der Waals surface area contributed by atoms with Crippen molar-refractivity contribution in [3.05, 3.63) is 48.5 Å². The fourth-order valence-electron chi connectivity index (χ4n) is 2.43. The van der Waals surface area contributed by atoms with E-state index in [-0.39, 0.29) is 11.9 Å². The molecule has 0 aliphatic heterocycles. The monoisotopic (exact) mass is 398 g/mol. The summed E-state index contributed by atoms with van der Waals surface area (Å²) in [4.78, 5) is 11.6. The third-order valence-corrected chi connectivity index (χ3v) is 4.51. The Morgan fingerprint density at radius 3 is 1.97 bits per heavy atom. The van der Waals surface area contributed by atoms with Crippen LogP contribution in [-0.2, 0) is 9.53 Å². The molecule has 2 aromatic rings. The van der Waals surface area contributed by atoms with Gasteiger partial charge in [-0.15, -0.1) is 0 Å². The average Bonchev–Trinajstić information content (AvgIpc) is 2.77. The molecule has 0 aliphatic rings. The van der Waals surface area contributed by atoms with Crippen LogP contribution in [0.3, 0.4) is 0 Å². The highest BCUT2D eigenvalue weighted by Gasteiger charge is 2.10. The van der Waals surface area contributed by atoms with E-state index >= 15 is 0 Å². The maximum absolute atomic E-state index is 11.6. The number of nitrogens with zero attached hydrogens (tertiary/aromatic N) is 2. The molecule has 0 saturated heterocycles. The molecular formula is C23H30N2O4. The molecule has 0 aliphatic carbocycles. The Labute approximate surface area is 172 Å². The summed E-state index contributed by atoms with van der Waals surface area (Å²) >= 11 is 0. The summed E-state index contributed by atoms with van der Waals surface area (Å²) in [6, 6.07) is 14.9. The predicted octanol–water partition coefficient (Wildman–Crippen LogP) is 6.25. The van der Waals surface area contributed by atoms with Crippen LogP contribution in [0.25, 0.3) is 0 Å². The van der Waals surface area contributed by atoms with Crippen molar-refractivity contribution in [2.75, 3.05) is 20.3 Å². The van der Waals surface area contributed by atoms with Gasteiger partial charge in [0.1, 0.15) is 11.5 Å². The van der Waals surface area contributed by atoms with Crippen molar-refractivity contribution in [2.45, 2.75) is 39.5 Å². The first-order valence-electron chi connectivity index (χ1n) is 10.1. The molecule has 1 atom stereocenters. The third kappa shape index (κ3) is 8.34. The Morgan fingerprint density at radius 2 is 1.41 bits per heavy atom. The van der Waals surface area contributed by atoms with Crippen molar-refractivity contribution in [3.8, 4) is 11.5 Å². The maximum Gasteiger partial charge on any atom is 0.308 e. The quantitative estimate of drug-likeness (QED) is 0.241. The molecule has 156 valence electrons. The molecule has 0 heterocycles. The zero-order valence-corrected chi connectivity index (χ0v) is 17.5. The molecule has 0 aromatic heterocycles. The molecule has 0 fully saturated rings. The van der Waals surface area contributed by atoms with E-state index in [1.165, 1.54) is 0 Å². The van der Waals surface area contributed by atoms with Crippen LogP contribution in [-0.4, -0.2) is 26.3 Å². The van der Waals surface area contributed by atoms with E-state index in [4.69, 9.17) is 14.2 Å². The van der Waals surface area contributed by atoms with E-state index in [1.807, 2.05) is 62.4 Å². The normalized spacial score (nSPS) is 12.0. The Morgan fingerprint density at radius 1 is 0.862 bits per heavy atom. The number of hydrogen-bond donors (Lipinski definition) is 0. The van der Waals surface area contributed by atoms with Gasteiger partial charge in [-0.3, -0.25) is 4.79 Å². The van der Waals surface area contributed by atoms with Gasteiger partial charge in [-0.1, -0.05) is 13.8 Å². The lowest BCUT2D eigenvalue weighted by molar-refractivity contribution is -0.148. The lowest BCUT2D eigenvalue weighted by atomic mass is 10.1. The van der Waals surface area contributed by atoms with Crippen LogP contribution in [0.1, 0.15) is 39.5 Å². The number of hydrogen-bond acceptors (Lipinski definition) is 6. The summed E-state index contributed by atoms with van der Waals surface area (Å²) in [5.74, 6) is 1.47. The van der Waals surface area contributed by atoms with Gasteiger partial charge in [-0.25, -0.2) is 0 Å². The van der Waals surface area contributed by atoms with E-state index in [9.17, 15) is 4.79 Å². The Bertz CT molecular complexity index is 757. The largest absolute Gasteiger partial charge is 0.497 e. The highest BCUT2D eigenvalue weighted by molar-refractivity contribution is 5.71. The SMILES string of the molecule is CCC(C)C(=O)OCCCCCOc1ccc(/N=N/c2ccc(OC)cc2)cc1. The lowest BCUT2D eigenvalue weighted by Gasteiger charge is -2.09. The topological polar surface area (TPSA) is 69.5 Å². The van der Waals surface area contributed by atoms with Gasteiger partial charge in [0.15, 0.2) is 0 Å². The first-order chi connectivity index (χ1) is 14.1. The maximum atomic E-state index is 11.6. The van der Waals surface area contributed by atoms with E-state index < -0.39 is 0 Å². The van der Waals surface area contributed by atoms with Crippen molar-refractivity contribution >= 4 is 17.3 Å². The number of unbranched alkanes of at least 4 members (excludes halogenated alkanes) is 2. The van der Waals surface area contributed by atoms with Gasteiger partial charge in [-0.05, 0) is 74.2 Å². The minimum atomic E-state index is -0.104. The molecule has 0 spiro atoms. The van der Waals surface area contributed by atoms with Gasteiger partial charge in [0.2, 0.25) is 0 Å². The molecule has 1 unspecified atom stereocenters. The number of carbonyl (C=O) groups excluding carboxylic acids is 1. The smallest absolute Gasteiger partial charge is 0.308 e. The molecule has 0 N–H and O–H groups in total. The fourth-order valence-corrected chi connectivity index (χ4v) is 2.43. The molecule has 6 heteroatoms. The van der Waals surface area contributed by atoms with Gasteiger partial charge in [0, 0.05) is 0 Å². The number of benzene rings is 2. The van der Waals surface area contributed by atoms with Crippen LogP contribution < -0.4 is 9.47 Å². The van der Waals surface area contributed by atoms with Crippen LogP contribution in [0.4, 0.5) is 11.4 Å².